The minimum atomic E-state index is -0.129. The Labute approximate surface area is 148 Å². The van der Waals surface area contributed by atoms with Crippen LogP contribution in [0.4, 0.5) is 0 Å². The van der Waals surface area contributed by atoms with E-state index in [2.05, 4.69) is 20.9 Å². The van der Waals surface area contributed by atoms with Gasteiger partial charge in [0.25, 0.3) is 0 Å². The second kappa shape index (κ2) is 13.4. The third kappa shape index (κ3) is 9.61. The molecule has 0 saturated carbocycles. The predicted molar refractivity (Wildman–Crippen MR) is 96.7 cm³/mol. The van der Waals surface area contributed by atoms with Crippen LogP contribution in [-0.4, -0.2) is 51.8 Å². The Morgan fingerprint density at radius 1 is 1.32 bits per heavy atom. The molecule has 0 bridgehead atoms. The van der Waals surface area contributed by atoms with E-state index in [1.54, 1.807) is 13.4 Å². The van der Waals surface area contributed by atoms with E-state index < -0.39 is 0 Å². The Morgan fingerprint density at radius 2 is 2.14 bits per heavy atom. The standard InChI is InChI=1S/C14H24N4O3.HI/c1-3-15-14(17-7-6-12-5-4-9-21-12)18-11-13(19)16-8-10-20-2;/h4-5,9H,3,6-8,10-11H2,1-2H3,(H,16,19)(H2,15,17,18);1H. The Kier molecular flexibility index (Phi) is 12.6. The third-order valence-electron chi connectivity index (χ3n) is 2.60. The number of ether oxygens (including phenoxy) is 1. The molecule has 0 radical (unpaired) electrons. The molecule has 22 heavy (non-hydrogen) atoms. The number of halogens is 1. The van der Waals surface area contributed by atoms with Gasteiger partial charge in [-0.1, -0.05) is 0 Å². The van der Waals surface area contributed by atoms with Gasteiger partial charge in [0, 0.05) is 33.2 Å². The van der Waals surface area contributed by atoms with Crippen LogP contribution < -0.4 is 16.0 Å². The Morgan fingerprint density at radius 3 is 2.77 bits per heavy atom. The smallest absolute Gasteiger partial charge is 0.241 e. The second-order valence-electron chi connectivity index (χ2n) is 4.29. The molecule has 1 amide bonds. The molecule has 126 valence electrons. The van der Waals surface area contributed by atoms with Crippen molar-refractivity contribution < 1.29 is 13.9 Å². The summed E-state index contributed by atoms with van der Waals surface area (Å²) in [6.45, 7) is 4.47. The van der Waals surface area contributed by atoms with Gasteiger partial charge in [-0.15, -0.1) is 24.0 Å². The first-order valence-electron chi connectivity index (χ1n) is 7.06. The average molecular weight is 424 g/mol. The Balaban J connectivity index is 0.00000441. The maximum atomic E-state index is 11.5. The Hall–Kier alpha value is -1.29. The lowest BCUT2D eigenvalue weighted by atomic mass is 10.3. The highest BCUT2D eigenvalue weighted by molar-refractivity contribution is 14.0. The number of nitrogens with one attached hydrogen (secondary N) is 3. The topological polar surface area (TPSA) is 87.9 Å². The maximum absolute atomic E-state index is 11.5. The third-order valence-corrected chi connectivity index (χ3v) is 2.60. The van der Waals surface area contributed by atoms with Gasteiger partial charge < -0.3 is 25.1 Å². The number of aliphatic imine (C=N–C) groups is 1. The molecule has 0 spiro atoms. The summed E-state index contributed by atoms with van der Waals surface area (Å²) in [6.07, 6.45) is 2.41. The molecule has 0 aromatic carbocycles. The van der Waals surface area contributed by atoms with Crippen LogP contribution in [-0.2, 0) is 16.0 Å². The molecule has 0 aliphatic carbocycles. The number of amides is 1. The first kappa shape index (κ1) is 20.7. The van der Waals surface area contributed by atoms with Gasteiger partial charge in [-0.25, -0.2) is 4.99 Å². The molecular weight excluding hydrogens is 399 g/mol. The van der Waals surface area contributed by atoms with Gasteiger partial charge in [0.15, 0.2) is 5.96 Å². The fraction of sp³-hybridized carbons (Fsp3) is 0.571. The van der Waals surface area contributed by atoms with Crippen LogP contribution in [0.5, 0.6) is 0 Å². The molecule has 1 aromatic rings. The van der Waals surface area contributed by atoms with Crippen molar-refractivity contribution in [2.45, 2.75) is 13.3 Å². The SMILES string of the molecule is CCNC(=NCC(=O)NCCOC)NCCc1ccco1.I. The lowest BCUT2D eigenvalue weighted by molar-refractivity contribution is -0.119. The predicted octanol–water partition coefficient (Wildman–Crippen LogP) is 0.758. The molecule has 0 aliphatic heterocycles. The molecule has 0 saturated heterocycles. The van der Waals surface area contributed by atoms with Crippen LogP contribution >= 0.6 is 24.0 Å². The molecule has 0 unspecified atom stereocenters. The largest absolute Gasteiger partial charge is 0.469 e. The highest BCUT2D eigenvalue weighted by atomic mass is 127. The molecule has 0 fully saturated rings. The summed E-state index contributed by atoms with van der Waals surface area (Å²) in [6, 6.07) is 3.79. The number of furan rings is 1. The number of nitrogens with zero attached hydrogens (tertiary/aromatic N) is 1. The highest BCUT2D eigenvalue weighted by Crippen LogP contribution is 1.99. The normalized spacial score (nSPS) is 10.7. The summed E-state index contributed by atoms with van der Waals surface area (Å²) in [5, 5.41) is 8.96. The van der Waals surface area contributed by atoms with E-state index in [1.807, 2.05) is 19.1 Å². The zero-order valence-corrected chi connectivity index (χ0v) is 15.4. The summed E-state index contributed by atoms with van der Waals surface area (Å²) in [7, 11) is 1.59. The van der Waals surface area contributed by atoms with Gasteiger partial charge in [-0.3, -0.25) is 4.79 Å². The van der Waals surface area contributed by atoms with E-state index >= 15 is 0 Å². The van der Waals surface area contributed by atoms with Gasteiger partial charge in [-0.05, 0) is 19.1 Å². The zero-order chi connectivity index (χ0) is 15.3. The quantitative estimate of drug-likeness (QED) is 0.236. The minimum Gasteiger partial charge on any atom is -0.469 e. The maximum Gasteiger partial charge on any atom is 0.241 e. The van der Waals surface area contributed by atoms with Gasteiger partial charge in [0.05, 0.1) is 12.9 Å². The van der Waals surface area contributed by atoms with Crippen molar-refractivity contribution in [1.29, 1.82) is 0 Å². The van der Waals surface area contributed by atoms with E-state index in [0.29, 0.717) is 25.7 Å². The van der Waals surface area contributed by atoms with Crippen molar-refractivity contribution in [2.24, 2.45) is 4.99 Å². The summed E-state index contributed by atoms with van der Waals surface area (Å²) >= 11 is 0. The van der Waals surface area contributed by atoms with Crippen LogP contribution in [0.15, 0.2) is 27.8 Å². The first-order valence-corrected chi connectivity index (χ1v) is 7.06. The van der Waals surface area contributed by atoms with Crippen LogP contribution in [0.25, 0.3) is 0 Å². The number of guanidine groups is 1. The molecule has 8 heteroatoms. The second-order valence-corrected chi connectivity index (χ2v) is 4.29. The molecule has 0 atom stereocenters. The summed E-state index contributed by atoms with van der Waals surface area (Å²) in [4.78, 5) is 15.8. The Bertz CT molecular complexity index is 424. The number of hydrogen-bond acceptors (Lipinski definition) is 4. The van der Waals surface area contributed by atoms with Crippen molar-refractivity contribution in [1.82, 2.24) is 16.0 Å². The summed E-state index contributed by atoms with van der Waals surface area (Å²) < 4.78 is 10.1. The van der Waals surface area contributed by atoms with Crippen LogP contribution in [0, 0.1) is 0 Å². The fourth-order valence-electron chi connectivity index (χ4n) is 1.60. The van der Waals surface area contributed by atoms with Crippen molar-refractivity contribution >= 4 is 35.8 Å². The van der Waals surface area contributed by atoms with Crippen molar-refractivity contribution in [3.05, 3.63) is 24.2 Å². The minimum absolute atomic E-state index is 0. The summed E-state index contributed by atoms with van der Waals surface area (Å²) in [5.74, 6) is 1.40. The van der Waals surface area contributed by atoms with E-state index in [4.69, 9.17) is 9.15 Å². The van der Waals surface area contributed by atoms with Crippen molar-refractivity contribution in [3.63, 3.8) is 0 Å². The van der Waals surface area contributed by atoms with Crippen LogP contribution in [0.2, 0.25) is 0 Å². The van der Waals surface area contributed by atoms with Crippen LogP contribution in [0.1, 0.15) is 12.7 Å². The molecule has 3 N–H and O–H groups in total. The molecule has 1 rings (SSSR count). The zero-order valence-electron chi connectivity index (χ0n) is 13.1. The van der Waals surface area contributed by atoms with Gasteiger partial charge in [0.2, 0.25) is 5.91 Å². The number of carbonyl (C=O) groups excluding carboxylic acids is 1. The highest BCUT2D eigenvalue weighted by Gasteiger charge is 2.02. The van der Waals surface area contributed by atoms with Gasteiger partial charge in [0.1, 0.15) is 12.3 Å². The average Bonchev–Trinajstić information content (AvgIpc) is 2.98. The molecule has 0 aliphatic rings. The molecule has 1 heterocycles. The van der Waals surface area contributed by atoms with Crippen LogP contribution in [0.3, 0.4) is 0 Å². The molecular formula is C14H25IN4O3. The lowest BCUT2D eigenvalue weighted by Gasteiger charge is -2.10. The number of hydrogen-bond donors (Lipinski definition) is 3. The van der Waals surface area contributed by atoms with Gasteiger partial charge in [-0.2, -0.15) is 0 Å². The number of rotatable bonds is 9. The lowest BCUT2D eigenvalue weighted by Crippen LogP contribution is -2.39. The van der Waals surface area contributed by atoms with E-state index in [-0.39, 0.29) is 36.4 Å². The number of carbonyl (C=O) groups is 1. The molecule has 7 nitrogen and oxygen atoms in total. The summed E-state index contributed by atoms with van der Waals surface area (Å²) in [5.41, 5.74) is 0. The van der Waals surface area contributed by atoms with Crippen molar-refractivity contribution in [2.75, 3.05) is 39.9 Å². The van der Waals surface area contributed by atoms with Gasteiger partial charge >= 0.3 is 0 Å². The fourth-order valence-corrected chi connectivity index (χ4v) is 1.60. The van der Waals surface area contributed by atoms with E-state index in [9.17, 15) is 4.79 Å². The molecule has 1 aromatic heterocycles. The van der Waals surface area contributed by atoms with E-state index in [0.717, 1.165) is 18.7 Å². The monoisotopic (exact) mass is 424 g/mol. The van der Waals surface area contributed by atoms with Crippen molar-refractivity contribution in [3.8, 4) is 0 Å². The van der Waals surface area contributed by atoms with E-state index in [1.165, 1.54) is 0 Å². The number of methoxy groups -OCH3 is 1. The first-order chi connectivity index (χ1) is 10.3.